The van der Waals surface area contributed by atoms with Crippen LogP contribution in [0.25, 0.3) is 0 Å². The molecule has 0 aromatic heterocycles. The molecule has 0 heterocycles. The zero-order chi connectivity index (χ0) is 19.8. The standard InChI is InChI=1S/C24H47IO2/c1-3-5-18-22-26-24(27-23-19-6-4-2)20-16-14-12-10-8-7-9-11-13-15-17-21-25/h13,15,24H,3-12,14,16-23H2,1-2H3/b15-13+. The van der Waals surface area contributed by atoms with E-state index in [-0.39, 0.29) is 6.29 Å². The predicted octanol–water partition coefficient (Wildman–Crippen LogP) is 8.62. The van der Waals surface area contributed by atoms with Gasteiger partial charge < -0.3 is 9.47 Å². The Morgan fingerprint density at radius 2 is 1.15 bits per heavy atom. The Labute approximate surface area is 184 Å². The largest absolute Gasteiger partial charge is 0.353 e. The minimum Gasteiger partial charge on any atom is -0.353 e. The van der Waals surface area contributed by atoms with Gasteiger partial charge in [-0.3, -0.25) is 0 Å². The van der Waals surface area contributed by atoms with Crippen molar-refractivity contribution in [3.05, 3.63) is 12.2 Å². The van der Waals surface area contributed by atoms with Gasteiger partial charge >= 0.3 is 0 Å². The lowest BCUT2D eigenvalue weighted by molar-refractivity contribution is -0.148. The van der Waals surface area contributed by atoms with Gasteiger partial charge in [-0.15, -0.1) is 0 Å². The lowest BCUT2D eigenvalue weighted by Crippen LogP contribution is -2.19. The van der Waals surface area contributed by atoms with Crippen molar-refractivity contribution in [2.45, 2.75) is 123 Å². The molecule has 3 heteroatoms. The Bertz CT molecular complexity index is 282. The van der Waals surface area contributed by atoms with Crippen LogP contribution in [0.4, 0.5) is 0 Å². The van der Waals surface area contributed by atoms with Gasteiger partial charge in [0.15, 0.2) is 6.29 Å². The summed E-state index contributed by atoms with van der Waals surface area (Å²) >= 11 is 2.43. The average molecular weight is 495 g/mol. The summed E-state index contributed by atoms with van der Waals surface area (Å²) < 4.78 is 13.2. The predicted molar refractivity (Wildman–Crippen MR) is 129 cm³/mol. The van der Waals surface area contributed by atoms with Crippen molar-refractivity contribution in [1.29, 1.82) is 0 Å². The van der Waals surface area contributed by atoms with Crippen LogP contribution in [-0.4, -0.2) is 23.9 Å². The summed E-state index contributed by atoms with van der Waals surface area (Å²) in [7, 11) is 0. The molecule has 0 N–H and O–H groups in total. The van der Waals surface area contributed by atoms with Crippen molar-refractivity contribution in [2.75, 3.05) is 17.6 Å². The Hall–Kier alpha value is 0.390. The smallest absolute Gasteiger partial charge is 0.157 e. The first-order valence-electron chi connectivity index (χ1n) is 11.8. The van der Waals surface area contributed by atoms with Crippen molar-refractivity contribution in [3.63, 3.8) is 0 Å². The van der Waals surface area contributed by atoms with Crippen LogP contribution in [0.15, 0.2) is 12.2 Å². The molecule has 0 aliphatic rings. The number of alkyl halides is 1. The molecule has 0 aliphatic heterocycles. The molecule has 0 radical (unpaired) electrons. The quantitative estimate of drug-likeness (QED) is 0.0493. The highest BCUT2D eigenvalue weighted by atomic mass is 127. The molecule has 0 rings (SSSR count). The molecular formula is C24H47IO2. The van der Waals surface area contributed by atoms with E-state index >= 15 is 0 Å². The van der Waals surface area contributed by atoms with Gasteiger partial charge in [-0.2, -0.15) is 0 Å². The van der Waals surface area contributed by atoms with Crippen molar-refractivity contribution < 1.29 is 9.47 Å². The number of rotatable bonds is 22. The minimum absolute atomic E-state index is 0.0352. The Morgan fingerprint density at radius 3 is 1.70 bits per heavy atom. The Balaban J connectivity index is 3.60. The summed E-state index contributed by atoms with van der Waals surface area (Å²) in [5.41, 5.74) is 0. The first kappa shape index (κ1) is 27.4. The summed E-state index contributed by atoms with van der Waals surface area (Å²) in [6.07, 6.45) is 25.1. The fourth-order valence-electron chi connectivity index (χ4n) is 3.10. The molecule has 0 bridgehead atoms. The Kier molecular flexibility index (Phi) is 24.8. The maximum absolute atomic E-state index is 6.00. The number of ether oxygens (including phenoxy) is 2. The number of unbranched alkanes of at least 4 members (excludes halogenated alkanes) is 11. The molecule has 0 amide bonds. The molecule has 162 valence electrons. The molecule has 0 spiro atoms. The van der Waals surface area contributed by atoms with E-state index in [2.05, 4.69) is 48.6 Å². The molecule has 0 atom stereocenters. The van der Waals surface area contributed by atoms with E-state index in [9.17, 15) is 0 Å². The third-order valence-electron chi connectivity index (χ3n) is 4.86. The molecule has 27 heavy (non-hydrogen) atoms. The van der Waals surface area contributed by atoms with E-state index < -0.39 is 0 Å². The van der Waals surface area contributed by atoms with Crippen LogP contribution < -0.4 is 0 Å². The molecule has 0 saturated heterocycles. The first-order valence-corrected chi connectivity index (χ1v) is 13.3. The summed E-state index contributed by atoms with van der Waals surface area (Å²) in [5, 5.41) is 0. The average Bonchev–Trinajstić information content (AvgIpc) is 2.68. The van der Waals surface area contributed by atoms with Crippen molar-refractivity contribution in [3.8, 4) is 0 Å². The van der Waals surface area contributed by atoms with E-state index in [1.165, 1.54) is 101 Å². The second-order valence-electron chi connectivity index (χ2n) is 7.59. The van der Waals surface area contributed by atoms with Gasteiger partial charge in [0.2, 0.25) is 0 Å². The molecule has 2 nitrogen and oxygen atoms in total. The molecule has 0 unspecified atom stereocenters. The van der Waals surface area contributed by atoms with Crippen LogP contribution in [0.2, 0.25) is 0 Å². The third kappa shape index (κ3) is 22.5. The molecule has 0 aromatic carbocycles. The topological polar surface area (TPSA) is 18.5 Å². The van der Waals surface area contributed by atoms with Crippen LogP contribution in [0.5, 0.6) is 0 Å². The van der Waals surface area contributed by atoms with Crippen molar-refractivity contribution >= 4 is 22.6 Å². The highest BCUT2D eigenvalue weighted by Gasteiger charge is 2.09. The fraction of sp³-hybridized carbons (Fsp3) is 0.917. The molecule has 0 saturated carbocycles. The van der Waals surface area contributed by atoms with Crippen molar-refractivity contribution in [2.24, 2.45) is 0 Å². The maximum Gasteiger partial charge on any atom is 0.157 e. The molecule has 0 fully saturated rings. The highest BCUT2D eigenvalue weighted by Crippen LogP contribution is 2.14. The number of allylic oxidation sites excluding steroid dienone is 2. The molecule has 0 aromatic rings. The van der Waals surface area contributed by atoms with Gasteiger partial charge in [-0.1, -0.05) is 106 Å². The van der Waals surface area contributed by atoms with Crippen LogP contribution in [0.1, 0.15) is 117 Å². The number of hydrogen-bond acceptors (Lipinski definition) is 2. The van der Waals surface area contributed by atoms with Gasteiger partial charge in [-0.25, -0.2) is 0 Å². The van der Waals surface area contributed by atoms with Gasteiger partial charge in [0.25, 0.3) is 0 Å². The van der Waals surface area contributed by atoms with E-state index in [0.717, 1.165) is 19.6 Å². The van der Waals surface area contributed by atoms with E-state index in [4.69, 9.17) is 9.47 Å². The second kappa shape index (κ2) is 24.4. The number of hydrogen-bond donors (Lipinski definition) is 0. The SMILES string of the molecule is CCCCCOC(CCCCCCCCC/C=C/CCI)OCCCCC. The van der Waals surface area contributed by atoms with Gasteiger partial charge in [0, 0.05) is 17.6 Å². The lowest BCUT2D eigenvalue weighted by atomic mass is 10.1. The maximum atomic E-state index is 6.00. The Morgan fingerprint density at radius 1 is 0.630 bits per heavy atom. The summed E-state index contributed by atoms with van der Waals surface area (Å²) in [4.78, 5) is 0. The molecule has 0 aliphatic carbocycles. The molecular weight excluding hydrogens is 447 g/mol. The van der Waals surface area contributed by atoms with E-state index in [1.807, 2.05) is 0 Å². The highest BCUT2D eigenvalue weighted by molar-refractivity contribution is 14.1. The monoisotopic (exact) mass is 494 g/mol. The summed E-state index contributed by atoms with van der Waals surface area (Å²) in [6, 6.07) is 0. The number of halogens is 1. The fourth-order valence-corrected chi connectivity index (χ4v) is 3.46. The zero-order valence-electron chi connectivity index (χ0n) is 18.4. The van der Waals surface area contributed by atoms with Gasteiger partial charge in [0.1, 0.15) is 0 Å². The van der Waals surface area contributed by atoms with E-state index in [0.29, 0.717) is 0 Å². The zero-order valence-corrected chi connectivity index (χ0v) is 20.5. The minimum atomic E-state index is 0.0352. The van der Waals surface area contributed by atoms with Gasteiger partial charge in [0.05, 0.1) is 0 Å². The van der Waals surface area contributed by atoms with Crippen LogP contribution in [0.3, 0.4) is 0 Å². The van der Waals surface area contributed by atoms with Crippen LogP contribution >= 0.6 is 22.6 Å². The van der Waals surface area contributed by atoms with E-state index in [1.54, 1.807) is 0 Å². The lowest BCUT2D eigenvalue weighted by Gasteiger charge is -2.18. The van der Waals surface area contributed by atoms with Crippen molar-refractivity contribution in [1.82, 2.24) is 0 Å². The van der Waals surface area contributed by atoms with Crippen LogP contribution in [0, 0.1) is 0 Å². The summed E-state index contributed by atoms with van der Waals surface area (Å²) in [5.74, 6) is 0. The third-order valence-corrected chi connectivity index (χ3v) is 5.48. The first-order chi connectivity index (χ1) is 13.3. The van der Waals surface area contributed by atoms with Crippen LogP contribution in [-0.2, 0) is 9.47 Å². The van der Waals surface area contributed by atoms with Gasteiger partial charge in [-0.05, 0) is 44.9 Å². The summed E-state index contributed by atoms with van der Waals surface area (Å²) in [6.45, 7) is 6.19. The second-order valence-corrected chi connectivity index (χ2v) is 8.67. The normalized spacial score (nSPS) is 11.9.